The van der Waals surface area contributed by atoms with Crippen molar-refractivity contribution in [2.24, 2.45) is 0 Å². The molecule has 0 aliphatic rings. The van der Waals surface area contributed by atoms with E-state index in [1.807, 2.05) is 13.8 Å². The molecule has 2 N–H and O–H groups in total. The first-order valence-electron chi connectivity index (χ1n) is 6.09. The maximum atomic E-state index is 12.6. The van der Waals surface area contributed by atoms with Crippen LogP contribution in [-0.4, -0.2) is 19.3 Å². The van der Waals surface area contributed by atoms with Crippen molar-refractivity contribution in [2.45, 2.75) is 32.5 Å². The van der Waals surface area contributed by atoms with Crippen molar-refractivity contribution in [3.8, 4) is 5.75 Å². The van der Waals surface area contributed by atoms with Crippen LogP contribution in [0.2, 0.25) is 0 Å². The lowest BCUT2D eigenvalue weighted by atomic mass is 10.2. The van der Waals surface area contributed by atoms with Crippen LogP contribution < -0.4 is 10.5 Å². The molecular formula is C13H18F3NO2. The summed E-state index contributed by atoms with van der Waals surface area (Å²) in [5.74, 6) is 0.102. The molecule has 6 heteroatoms. The van der Waals surface area contributed by atoms with E-state index in [1.165, 1.54) is 6.07 Å². The number of hydrogen-bond donors (Lipinski definition) is 1. The molecule has 0 heterocycles. The first-order valence-corrected chi connectivity index (χ1v) is 6.09. The molecule has 1 aromatic rings. The number of anilines is 1. The quantitative estimate of drug-likeness (QED) is 0.810. The fourth-order valence-corrected chi connectivity index (χ4v) is 1.58. The topological polar surface area (TPSA) is 44.5 Å². The summed E-state index contributed by atoms with van der Waals surface area (Å²) in [4.78, 5) is 0. The molecule has 0 saturated heterocycles. The highest BCUT2D eigenvalue weighted by molar-refractivity contribution is 5.48. The maximum absolute atomic E-state index is 12.6. The molecule has 1 unspecified atom stereocenters. The van der Waals surface area contributed by atoms with E-state index in [0.29, 0.717) is 6.61 Å². The van der Waals surface area contributed by atoms with Crippen LogP contribution >= 0.6 is 0 Å². The first-order chi connectivity index (χ1) is 8.86. The highest BCUT2D eigenvalue weighted by Crippen LogP contribution is 2.33. The third-order valence-electron chi connectivity index (χ3n) is 2.55. The molecular weight excluding hydrogens is 259 g/mol. The van der Waals surface area contributed by atoms with Crippen LogP contribution in [0, 0.1) is 0 Å². The third-order valence-corrected chi connectivity index (χ3v) is 2.55. The molecule has 3 nitrogen and oxygen atoms in total. The van der Waals surface area contributed by atoms with Crippen LogP contribution in [-0.2, 0) is 10.9 Å². The van der Waals surface area contributed by atoms with Gasteiger partial charge in [-0.25, -0.2) is 0 Å². The highest BCUT2D eigenvalue weighted by Gasteiger charge is 2.31. The number of hydrogen-bond acceptors (Lipinski definition) is 3. The highest BCUT2D eigenvalue weighted by atomic mass is 19.4. The molecule has 0 aromatic heterocycles. The lowest BCUT2D eigenvalue weighted by molar-refractivity contribution is -0.137. The number of nitrogens with two attached hydrogens (primary N) is 1. The van der Waals surface area contributed by atoms with Crippen molar-refractivity contribution in [3.63, 3.8) is 0 Å². The Balaban J connectivity index is 2.76. The molecule has 0 radical (unpaired) electrons. The standard InChI is InChI=1S/C13H18F3NO2/c1-3-11(18-4-2)8-19-12-6-9(13(14,15)16)5-10(17)7-12/h5-7,11H,3-4,8,17H2,1-2H3. The molecule has 0 fully saturated rings. The van der Waals surface area contributed by atoms with E-state index in [9.17, 15) is 13.2 Å². The van der Waals surface area contributed by atoms with Gasteiger partial charge in [-0.05, 0) is 25.5 Å². The smallest absolute Gasteiger partial charge is 0.416 e. The zero-order valence-electron chi connectivity index (χ0n) is 11.0. The van der Waals surface area contributed by atoms with Gasteiger partial charge in [0.1, 0.15) is 12.4 Å². The van der Waals surface area contributed by atoms with Gasteiger partial charge in [-0.1, -0.05) is 6.92 Å². The SMILES string of the molecule is CCOC(CC)COc1cc(N)cc(C(F)(F)F)c1. The Morgan fingerprint density at radius 3 is 2.42 bits per heavy atom. The molecule has 19 heavy (non-hydrogen) atoms. The predicted molar refractivity (Wildman–Crippen MR) is 67.1 cm³/mol. The van der Waals surface area contributed by atoms with Gasteiger partial charge in [0.25, 0.3) is 0 Å². The summed E-state index contributed by atoms with van der Waals surface area (Å²) < 4.78 is 48.5. The van der Waals surface area contributed by atoms with E-state index in [-0.39, 0.29) is 24.1 Å². The molecule has 0 spiro atoms. The Morgan fingerprint density at radius 2 is 1.89 bits per heavy atom. The van der Waals surface area contributed by atoms with Gasteiger partial charge in [0, 0.05) is 18.4 Å². The third kappa shape index (κ3) is 4.98. The molecule has 0 aliphatic heterocycles. The van der Waals surface area contributed by atoms with Crippen molar-refractivity contribution in [3.05, 3.63) is 23.8 Å². The van der Waals surface area contributed by atoms with Crippen molar-refractivity contribution < 1.29 is 22.6 Å². The van der Waals surface area contributed by atoms with Crippen LogP contribution in [0.5, 0.6) is 5.75 Å². The van der Waals surface area contributed by atoms with Gasteiger partial charge in [-0.2, -0.15) is 13.2 Å². The maximum Gasteiger partial charge on any atom is 0.416 e. The number of rotatable bonds is 6. The van der Waals surface area contributed by atoms with Crippen molar-refractivity contribution >= 4 is 5.69 Å². The molecule has 108 valence electrons. The monoisotopic (exact) mass is 277 g/mol. The van der Waals surface area contributed by atoms with Gasteiger partial charge >= 0.3 is 6.18 Å². The lowest BCUT2D eigenvalue weighted by Crippen LogP contribution is -2.21. The van der Waals surface area contributed by atoms with Gasteiger partial charge in [0.15, 0.2) is 0 Å². The number of nitrogen functional groups attached to an aromatic ring is 1. The Hall–Kier alpha value is -1.43. The molecule has 0 amide bonds. The predicted octanol–water partition coefficient (Wildman–Crippen LogP) is 3.48. The minimum absolute atomic E-state index is 0.0225. The Morgan fingerprint density at radius 1 is 1.21 bits per heavy atom. The summed E-state index contributed by atoms with van der Waals surface area (Å²) in [7, 11) is 0. The first kappa shape index (κ1) is 15.6. The van der Waals surface area contributed by atoms with Crippen LogP contribution in [0.4, 0.5) is 18.9 Å². The molecule has 1 aromatic carbocycles. The molecule has 0 bridgehead atoms. The summed E-state index contributed by atoms with van der Waals surface area (Å²) in [5.41, 5.74) is 4.65. The largest absolute Gasteiger partial charge is 0.491 e. The van der Waals surface area contributed by atoms with E-state index in [4.69, 9.17) is 15.2 Å². The second kappa shape index (κ2) is 6.65. The van der Waals surface area contributed by atoms with Gasteiger partial charge in [-0.15, -0.1) is 0 Å². The number of benzene rings is 1. The van der Waals surface area contributed by atoms with Crippen molar-refractivity contribution in [2.75, 3.05) is 18.9 Å². The van der Waals surface area contributed by atoms with Gasteiger partial charge in [-0.3, -0.25) is 0 Å². The summed E-state index contributed by atoms with van der Waals surface area (Å²) in [6, 6.07) is 3.19. The Bertz CT molecular complexity index is 407. The van der Waals surface area contributed by atoms with Gasteiger partial charge in [0.05, 0.1) is 11.7 Å². The van der Waals surface area contributed by atoms with Crippen molar-refractivity contribution in [1.82, 2.24) is 0 Å². The average molecular weight is 277 g/mol. The van der Waals surface area contributed by atoms with Crippen LogP contribution in [0.1, 0.15) is 25.8 Å². The molecule has 1 atom stereocenters. The average Bonchev–Trinajstić information content (AvgIpc) is 2.32. The normalized spacial score (nSPS) is 13.3. The number of alkyl halides is 3. The van der Waals surface area contributed by atoms with Crippen LogP contribution in [0.25, 0.3) is 0 Å². The summed E-state index contributed by atoms with van der Waals surface area (Å²) >= 11 is 0. The van der Waals surface area contributed by atoms with Crippen LogP contribution in [0.15, 0.2) is 18.2 Å². The molecule has 1 rings (SSSR count). The van der Waals surface area contributed by atoms with Gasteiger partial charge < -0.3 is 15.2 Å². The van der Waals surface area contributed by atoms with E-state index in [1.54, 1.807) is 0 Å². The summed E-state index contributed by atoms with van der Waals surface area (Å²) in [6.07, 6.45) is -3.85. The minimum Gasteiger partial charge on any atom is -0.491 e. The second-order valence-electron chi connectivity index (χ2n) is 4.09. The lowest BCUT2D eigenvalue weighted by Gasteiger charge is -2.17. The van der Waals surface area contributed by atoms with Gasteiger partial charge in [0.2, 0.25) is 0 Å². The second-order valence-corrected chi connectivity index (χ2v) is 4.09. The minimum atomic E-state index is -4.43. The fourth-order valence-electron chi connectivity index (χ4n) is 1.58. The number of halogens is 3. The van der Waals surface area contributed by atoms with E-state index in [2.05, 4.69) is 0 Å². The summed E-state index contributed by atoms with van der Waals surface area (Å²) in [6.45, 7) is 4.51. The van der Waals surface area contributed by atoms with E-state index < -0.39 is 11.7 Å². The summed E-state index contributed by atoms with van der Waals surface area (Å²) in [5, 5.41) is 0. The van der Waals surface area contributed by atoms with Crippen LogP contribution in [0.3, 0.4) is 0 Å². The fraction of sp³-hybridized carbons (Fsp3) is 0.538. The zero-order valence-corrected chi connectivity index (χ0v) is 11.0. The molecule has 0 aliphatic carbocycles. The Kier molecular flexibility index (Phi) is 5.47. The zero-order chi connectivity index (χ0) is 14.5. The number of ether oxygens (including phenoxy) is 2. The van der Waals surface area contributed by atoms with E-state index in [0.717, 1.165) is 18.6 Å². The van der Waals surface area contributed by atoms with Crippen molar-refractivity contribution in [1.29, 1.82) is 0 Å². The van der Waals surface area contributed by atoms with E-state index >= 15 is 0 Å². The Labute approximate surface area is 110 Å². The molecule has 0 saturated carbocycles.